The molecule has 0 unspecified atom stereocenters. The first-order valence-corrected chi connectivity index (χ1v) is 8.31. The van der Waals surface area contributed by atoms with E-state index in [-0.39, 0.29) is 18.1 Å². The van der Waals surface area contributed by atoms with Crippen LogP contribution in [0.2, 0.25) is 0 Å². The van der Waals surface area contributed by atoms with E-state index >= 15 is 0 Å². The average molecular weight is 336 g/mol. The van der Waals surface area contributed by atoms with Gasteiger partial charge in [-0.25, -0.2) is 0 Å². The summed E-state index contributed by atoms with van der Waals surface area (Å²) in [7, 11) is 0. The maximum absolute atomic E-state index is 12.5. The number of nitrogens with zero attached hydrogens (tertiary/aromatic N) is 2. The van der Waals surface area contributed by atoms with Gasteiger partial charge in [-0.2, -0.15) is 5.26 Å². The molecule has 1 aromatic heterocycles. The zero-order chi connectivity index (χ0) is 17.6. The molecule has 6 nitrogen and oxygen atoms in total. The van der Waals surface area contributed by atoms with Gasteiger partial charge in [-0.05, 0) is 44.0 Å². The number of aromatic nitrogens is 1. The van der Waals surface area contributed by atoms with E-state index < -0.39 is 0 Å². The highest BCUT2D eigenvalue weighted by Gasteiger charge is 2.23. The number of nitrogens with one attached hydrogen (secondary N) is 2. The lowest BCUT2D eigenvalue weighted by molar-refractivity contribution is 0.0997. The number of amides is 1. The molecule has 1 fully saturated rings. The maximum atomic E-state index is 12.5. The van der Waals surface area contributed by atoms with Gasteiger partial charge < -0.3 is 15.4 Å². The van der Waals surface area contributed by atoms with Crippen molar-refractivity contribution in [3.63, 3.8) is 0 Å². The minimum absolute atomic E-state index is 0.127. The molecule has 0 spiro atoms. The Bertz CT molecular complexity index is 794. The van der Waals surface area contributed by atoms with Gasteiger partial charge in [-0.15, -0.1) is 0 Å². The summed E-state index contributed by atoms with van der Waals surface area (Å²) in [6, 6.07) is 10.6. The van der Waals surface area contributed by atoms with Gasteiger partial charge in [0.05, 0.1) is 35.3 Å². The van der Waals surface area contributed by atoms with Crippen LogP contribution in [0.4, 0.5) is 11.4 Å². The van der Waals surface area contributed by atoms with Crippen LogP contribution in [0.5, 0.6) is 0 Å². The van der Waals surface area contributed by atoms with Gasteiger partial charge >= 0.3 is 0 Å². The highest BCUT2D eigenvalue weighted by Crippen LogP contribution is 2.24. The molecular formula is C19H20N4O2. The Morgan fingerprint density at radius 2 is 2.28 bits per heavy atom. The average Bonchev–Trinajstić information content (AvgIpc) is 3.18. The minimum Gasteiger partial charge on any atom is -0.378 e. The Labute approximate surface area is 146 Å². The van der Waals surface area contributed by atoms with Crippen LogP contribution in [0.1, 0.15) is 35.7 Å². The van der Waals surface area contributed by atoms with Crippen molar-refractivity contribution >= 4 is 17.3 Å². The van der Waals surface area contributed by atoms with E-state index in [0.717, 1.165) is 25.1 Å². The van der Waals surface area contributed by atoms with Crippen molar-refractivity contribution < 1.29 is 9.53 Å². The van der Waals surface area contributed by atoms with Gasteiger partial charge in [-0.1, -0.05) is 6.07 Å². The third-order valence-electron chi connectivity index (χ3n) is 4.23. The highest BCUT2D eigenvalue weighted by molar-refractivity contribution is 6.05. The van der Waals surface area contributed by atoms with Crippen molar-refractivity contribution in [1.29, 1.82) is 5.26 Å². The molecule has 1 saturated heterocycles. The number of benzene rings is 1. The van der Waals surface area contributed by atoms with Crippen LogP contribution in [-0.4, -0.2) is 29.6 Å². The van der Waals surface area contributed by atoms with Gasteiger partial charge in [0.25, 0.3) is 5.91 Å². The lowest BCUT2D eigenvalue weighted by atomic mass is 10.1. The first-order valence-electron chi connectivity index (χ1n) is 8.31. The molecule has 6 heteroatoms. The summed E-state index contributed by atoms with van der Waals surface area (Å²) in [5.74, 6) is -0.280. The first-order chi connectivity index (χ1) is 12.2. The SMILES string of the molecule is C[C@H](Nc1ccncc1NC(=O)c1cccc(C#N)c1)[C@H]1CCCO1. The van der Waals surface area contributed by atoms with E-state index in [9.17, 15) is 4.79 Å². The van der Waals surface area contributed by atoms with Crippen LogP contribution in [0.25, 0.3) is 0 Å². The number of rotatable bonds is 5. The van der Waals surface area contributed by atoms with Crippen LogP contribution >= 0.6 is 0 Å². The Hall–Kier alpha value is -2.91. The Morgan fingerprint density at radius 3 is 3.04 bits per heavy atom. The molecule has 0 aliphatic carbocycles. The monoisotopic (exact) mass is 336 g/mol. The lowest BCUT2D eigenvalue weighted by Gasteiger charge is -2.22. The number of ether oxygens (including phenoxy) is 1. The number of carbonyl (C=O) groups is 1. The Kier molecular flexibility index (Phi) is 5.26. The standard InChI is InChI=1S/C19H20N4O2/c1-13(18-6-3-9-25-18)22-16-7-8-21-12-17(16)23-19(24)15-5-2-4-14(10-15)11-20/h2,4-5,7-8,10,12-13,18H,3,6,9H2,1H3,(H,21,22)(H,23,24)/t13-,18+/m0/s1. The number of hydrogen-bond acceptors (Lipinski definition) is 5. The van der Waals surface area contributed by atoms with Crippen molar-refractivity contribution in [2.45, 2.75) is 31.9 Å². The third kappa shape index (κ3) is 4.14. The molecule has 1 aromatic carbocycles. The van der Waals surface area contributed by atoms with Gasteiger partial charge in [0.2, 0.25) is 0 Å². The molecule has 2 atom stereocenters. The first kappa shape index (κ1) is 16.9. The van der Waals surface area contributed by atoms with Crippen LogP contribution in [0.3, 0.4) is 0 Å². The zero-order valence-electron chi connectivity index (χ0n) is 14.0. The lowest BCUT2D eigenvalue weighted by Crippen LogP contribution is -2.30. The molecule has 0 saturated carbocycles. The largest absolute Gasteiger partial charge is 0.378 e. The summed E-state index contributed by atoms with van der Waals surface area (Å²) in [5.41, 5.74) is 2.27. The smallest absolute Gasteiger partial charge is 0.255 e. The topological polar surface area (TPSA) is 87.0 Å². The second kappa shape index (κ2) is 7.77. The van der Waals surface area contributed by atoms with Gasteiger partial charge in [0, 0.05) is 24.4 Å². The third-order valence-corrected chi connectivity index (χ3v) is 4.23. The number of anilines is 2. The molecule has 1 aliphatic heterocycles. The molecule has 1 aliphatic rings. The number of hydrogen-bond donors (Lipinski definition) is 2. The van der Waals surface area contributed by atoms with E-state index in [0.29, 0.717) is 16.8 Å². The van der Waals surface area contributed by atoms with Gasteiger partial charge in [-0.3, -0.25) is 9.78 Å². The van der Waals surface area contributed by atoms with E-state index in [4.69, 9.17) is 10.00 Å². The second-order valence-corrected chi connectivity index (χ2v) is 6.05. The summed E-state index contributed by atoms with van der Waals surface area (Å²) in [6.45, 7) is 2.87. The number of carbonyl (C=O) groups excluding carboxylic acids is 1. The normalized spacial score (nSPS) is 17.5. The molecule has 2 heterocycles. The molecule has 0 bridgehead atoms. The van der Waals surface area contributed by atoms with E-state index in [1.165, 1.54) is 0 Å². The zero-order valence-corrected chi connectivity index (χ0v) is 14.0. The Morgan fingerprint density at radius 1 is 1.40 bits per heavy atom. The van der Waals surface area contributed by atoms with Crippen LogP contribution < -0.4 is 10.6 Å². The Balaban J connectivity index is 1.74. The summed E-state index contributed by atoms with van der Waals surface area (Å²) < 4.78 is 5.71. The van der Waals surface area contributed by atoms with Crippen LogP contribution in [0.15, 0.2) is 42.7 Å². The predicted molar refractivity (Wildman–Crippen MR) is 95.4 cm³/mol. The molecule has 2 N–H and O–H groups in total. The molecular weight excluding hydrogens is 316 g/mol. The fraction of sp³-hybridized carbons (Fsp3) is 0.316. The van der Waals surface area contributed by atoms with Crippen LogP contribution in [-0.2, 0) is 4.74 Å². The predicted octanol–water partition coefficient (Wildman–Crippen LogP) is 3.18. The van der Waals surface area contributed by atoms with Crippen molar-refractivity contribution in [2.75, 3.05) is 17.2 Å². The summed E-state index contributed by atoms with van der Waals surface area (Å²) in [6.07, 6.45) is 5.56. The quantitative estimate of drug-likeness (QED) is 0.875. The summed E-state index contributed by atoms with van der Waals surface area (Å²) >= 11 is 0. The summed E-state index contributed by atoms with van der Waals surface area (Å²) in [4.78, 5) is 16.6. The van der Waals surface area contributed by atoms with Crippen molar-refractivity contribution in [3.8, 4) is 6.07 Å². The molecule has 1 amide bonds. The highest BCUT2D eigenvalue weighted by atomic mass is 16.5. The fourth-order valence-corrected chi connectivity index (χ4v) is 2.88. The number of nitriles is 1. The van der Waals surface area contributed by atoms with Gasteiger partial charge in [0.15, 0.2) is 0 Å². The van der Waals surface area contributed by atoms with Crippen LogP contribution in [0, 0.1) is 11.3 Å². The van der Waals surface area contributed by atoms with Crippen molar-refractivity contribution in [2.24, 2.45) is 0 Å². The maximum Gasteiger partial charge on any atom is 0.255 e. The molecule has 0 radical (unpaired) electrons. The fourth-order valence-electron chi connectivity index (χ4n) is 2.88. The van der Waals surface area contributed by atoms with Gasteiger partial charge in [0.1, 0.15) is 0 Å². The molecule has 25 heavy (non-hydrogen) atoms. The van der Waals surface area contributed by atoms with E-state index in [1.807, 2.05) is 12.1 Å². The molecule has 2 aromatic rings. The van der Waals surface area contributed by atoms with E-state index in [2.05, 4.69) is 22.5 Å². The number of pyridine rings is 1. The minimum atomic E-state index is -0.280. The summed E-state index contributed by atoms with van der Waals surface area (Å²) in [5, 5.41) is 15.2. The second-order valence-electron chi connectivity index (χ2n) is 6.05. The van der Waals surface area contributed by atoms with Crippen molar-refractivity contribution in [1.82, 2.24) is 4.98 Å². The molecule has 3 rings (SSSR count). The molecule has 128 valence electrons. The van der Waals surface area contributed by atoms with E-state index in [1.54, 1.807) is 36.7 Å². The van der Waals surface area contributed by atoms with Crippen molar-refractivity contribution in [3.05, 3.63) is 53.9 Å².